The number of benzene rings is 1. The van der Waals surface area contributed by atoms with E-state index < -0.39 is 17.4 Å². The highest BCUT2D eigenvalue weighted by Gasteiger charge is 2.74. The molecule has 6 nitrogen and oxygen atoms in total. The topological polar surface area (TPSA) is 83.1 Å². The molecule has 2 fully saturated rings. The highest BCUT2D eigenvalue weighted by molar-refractivity contribution is 6.13. The van der Waals surface area contributed by atoms with Gasteiger partial charge in [-0.15, -0.1) is 0 Å². The van der Waals surface area contributed by atoms with Gasteiger partial charge < -0.3 is 10.6 Å². The van der Waals surface area contributed by atoms with E-state index in [9.17, 15) is 14.4 Å². The minimum absolute atomic E-state index is 0.0877. The molecule has 2 saturated heterocycles. The van der Waals surface area contributed by atoms with Crippen LogP contribution < -0.4 is 10.6 Å². The number of rotatable bonds is 4. The Morgan fingerprint density at radius 2 is 1.96 bits per heavy atom. The molecule has 3 aliphatic rings. The van der Waals surface area contributed by atoms with Crippen LogP contribution in [0.3, 0.4) is 0 Å². The fourth-order valence-corrected chi connectivity index (χ4v) is 5.20. The van der Waals surface area contributed by atoms with Gasteiger partial charge in [-0.25, -0.2) is 0 Å². The first-order chi connectivity index (χ1) is 12.8. The number of hydrogen-bond donors (Lipinski definition) is 2. The van der Waals surface area contributed by atoms with Crippen molar-refractivity contribution in [3.05, 3.63) is 29.3 Å². The van der Waals surface area contributed by atoms with Crippen molar-refractivity contribution in [1.82, 2.24) is 4.90 Å². The van der Waals surface area contributed by atoms with Gasteiger partial charge in [-0.1, -0.05) is 38.8 Å². The van der Waals surface area contributed by atoms with Crippen LogP contribution in [0.15, 0.2) is 18.2 Å². The van der Waals surface area contributed by atoms with Crippen LogP contribution in [0, 0.1) is 24.7 Å². The molecule has 1 spiro atoms. The van der Waals surface area contributed by atoms with Gasteiger partial charge in [0.05, 0.1) is 5.69 Å². The number of unbranched alkanes of at least 4 members (excludes halogenated alkanes) is 1. The van der Waals surface area contributed by atoms with E-state index in [0.29, 0.717) is 6.54 Å². The number of quaternary nitrogens is 1. The van der Waals surface area contributed by atoms with Crippen molar-refractivity contribution in [3.8, 4) is 0 Å². The van der Waals surface area contributed by atoms with Gasteiger partial charge in [0.1, 0.15) is 17.9 Å². The maximum absolute atomic E-state index is 13.4. The Kier molecular flexibility index (Phi) is 4.14. The summed E-state index contributed by atoms with van der Waals surface area (Å²) in [5.74, 6) is -1.33. The molecule has 0 aliphatic carbocycles. The predicted molar refractivity (Wildman–Crippen MR) is 101 cm³/mol. The van der Waals surface area contributed by atoms with Gasteiger partial charge in [-0.3, -0.25) is 19.3 Å². The van der Waals surface area contributed by atoms with E-state index >= 15 is 0 Å². The molecule has 3 amide bonds. The Hall–Kier alpha value is -2.21. The molecule has 6 heteroatoms. The quantitative estimate of drug-likeness (QED) is 0.780. The summed E-state index contributed by atoms with van der Waals surface area (Å²) in [6.45, 7) is 8.60. The smallest absolute Gasteiger partial charge is 0.291 e. The van der Waals surface area contributed by atoms with Gasteiger partial charge >= 0.3 is 0 Å². The molecule has 144 valence electrons. The van der Waals surface area contributed by atoms with Gasteiger partial charge in [0, 0.05) is 18.0 Å². The predicted octanol–water partition coefficient (Wildman–Crippen LogP) is 1.15. The second kappa shape index (κ2) is 6.16. The summed E-state index contributed by atoms with van der Waals surface area (Å²) in [7, 11) is 0. The van der Waals surface area contributed by atoms with E-state index in [1.165, 1.54) is 4.90 Å². The van der Waals surface area contributed by atoms with E-state index in [2.05, 4.69) is 19.2 Å². The zero-order valence-electron chi connectivity index (χ0n) is 16.4. The van der Waals surface area contributed by atoms with E-state index in [0.717, 1.165) is 29.7 Å². The average molecular weight is 370 g/mol. The molecule has 27 heavy (non-hydrogen) atoms. The molecular formula is C21H28N3O3+. The van der Waals surface area contributed by atoms with E-state index in [-0.39, 0.29) is 29.7 Å². The number of nitrogens with two attached hydrogens (primary N) is 1. The van der Waals surface area contributed by atoms with Gasteiger partial charge in [-0.05, 0) is 25.5 Å². The van der Waals surface area contributed by atoms with E-state index in [1.807, 2.05) is 37.4 Å². The van der Waals surface area contributed by atoms with Crippen molar-refractivity contribution in [2.45, 2.75) is 52.1 Å². The van der Waals surface area contributed by atoms with Crippen LogP contribution in [0.5, 0.6) is 0 Å². The Morgan fingerprint density at radius 1 is 1.22 bits per heavy atom. The Balaban J connectivity index is 1.86. The molecule has 4 atom stereocenters. The number of anilines is 1. The number of hydrogen-bond acceptors (Lipinski definition) is 3. The maximum atomic E-state index is 13.4. The summed E-state index contributed by atoms with van der Waals surface area (Å²) < 4.78 is 0. The lowest BCUT2D eigenvalue weighted by Crippen LogP contribution is -2.99. The number of nitrogens with one attached hydrogen (secondary N) is 1. The van der Waals surface area contributed by atoms with Gasteiger partial charge in [0.25, 0.3) is 5.91 Å². The fraction of sp³-hybridized carbons (Fsp3) is 0.571. The molecule has 1 aromatic rings. The molecule has 0 radical (unpaired) electrons. The number of carbonyl (C=O) groups is 3. The summed E-state index contributed by atoms with van der Waals surface area (Å²) in [5.41, 5.74) is 1.62. The van der Waals surface area contributed by atoms with Gasteiger partial charge in [0.15, 0.2) is 0 Å². The lowest BCUT2D eigenvalue weighted by Gasteiger charge is -2.27. The minimum Gasteiger partial charge on any atom is -0.326 e. The van der Waals surface area contributed by atoms with Crippen molar-refractivity contribution in [2.75, 3.05) is 11.9 Å². The summed E-state index contributed by atoms with van der Waals surface area (Å²) in [6, 6.07) is 5.77. The van der Waals surface area contributed by atoms with Crippen LogP contribution in [0.1, 0.15) is 44.7 Å². The van der Waals surface area contributed by atoms with E-state index in [4.69, 9.17) is 0 Å². The van der Waals surface area contributed by atoms with Crippen LogP contribution in [0.2, 0.25) is 0 Å². The van der Waals surface area contributed by atoms with Gasteiger partial charge in [0.2, 0.25) is 17.4 Å². The first-order valence-corrected chi connectivity index (χ1v) is 9.96. The SMILES string of the molecule is CCCCN1C(=O)[C@@H]2[C@@H](C(C)C)[NH2+][C@]3(C(=O)Nc4ccc(C)cc43)[C@@H]2C1=O. The Bertz CT molecular complexity index is 834. The maximum Gasteiger partial charge on any atom is 0.291 e. The normalized spacial score (nSPS) is 31.8. The molecule has 3 N–H and O–H groups in total. The molecule has 0 saturated carbocycles. The molecular weight excluding hydrogens is 342 g/mol. The van der Waals surface area contributed by atoms with Crippen LogP contribution in [0.4, 0.5) is 5.69 Å². The summed E-state index contributed by atoms with van der Waals surface area (Å²) in [6.07, 6.45) is 1.71. The molecule has 0 aromatic heterocycles. The van der Waals surface area contributed by atoms with Crippen molar-refractivity contribution >= 4 is 23.4 Å². The lowest BCUT2D eigenvalue weighted by atomic mass is 9.75. The third kappa shape index (κ3) is 2.32. The van der Waals surface area contributed by atoms with Crippen molar-refractivity contribution in [3.63, 3.8) is 0 Å². The third-order valence-corrected chi connectivity index (χ3v) is 6.55. The van der Waals surface area contributed by atoms with Crippen LogP contribution in [0.25, 0.3) is 0 Å². The first-order valence-electron chi connectivity index (χ1n) is 9.96. The molecule has 3 heterocycles. The van der Waals surface area contributed by atoms with Crippen LogP contribution >= 0.6 is 0 Å². The van der Waals surface area contributed by atoms with E-state index in [1.54, 1.807) is 0 Å². The van der Waals surface area contributed by atoms with Gasteiger partial charge in [-0.2, -0.15) is 0 Å². The first kappa shape index (κ1) is 18.2. The number of fused-ring (bicyclic) bond motifs is 4. The van der Waals surface area contributed by atoms with Crippen molar-refractivity contribution in [1.29, 1.82) is 0 Å². The second-order valence-electron chi connectivity index (χ2n) is 8.55. The number of amides is 3. The zero-order valence-corrected chi connectivity index (χ0v) is 16.4. The third-order valence-electron chi connectivity index (χ3n) is 6.55. The number of carbonyl (C=O) groups excluding carboxylic acids is 3. The Labute approximate surface area is 159 Å². The highest BCUT2D eigenvalue weighted by Crippen LogP contribution is 2.50. The van der Waals surface area contributed by atoms with Crippen LogP contribution in [-0.4, -0.2) is 35.2 Å². The molecule has 3 aliphatic heterocycles. The summed E-state index contributed by atoms with van der Waals surface area (Å²) in [4.78, 5) is 41.2. The average Bonchev–Trinajstić information content (AvgIpc) is 3.20. The second-order valence-corrected chi connectivity index (χ2v) is 8.55. The molecule has 0 bridgehead atoms. The van der Waals surface area contributed by atoms with Crippen molar-refractivity contribution in [2.24, 2.45) is 17.8 Å². The minimum atomic E-state index is -1.03. The number of likely N-dealkylation sites (tertiary alicyclic amines) is 1. The fourth-order valence-electron chi connectivity index (χ4n) is 5.20. The molecule has 1 aromatic carbocycles. The highest BCUT2D eigenvalue weighted by atomic mass is 16.2. The zero-order chi connectivity index (χ0) is 19.5. The summed E-state index contributed by atoms with van der Waals surface area (Å²) >= 11 is 0. The number of nitrogens with zero attached hydrogens (tertiary/aromatic N) is 1. The van der Waals surface area contributed by atoms with Crippen molar-refractivity contribution < 1.29 is 19.7 Å². The largest absolute Gasteiger partial charge is 0.326 e. The number of imide groups is 1. The molecule has 0 unspecified atom stereocenters. The van der Waals surface area contributed by atoms with Crippen LogP contribution in [-0.2, 0) is 19.9 Å². The standard InChI is InChI=1S/C21H27N3O3/c1-5-6-9-24-18(25)15-16(19(24)26)21(23-17(15)11(2)3)13-10-12(4)7-8-14(13)22-20(21)27/h7-8,10-11,15-17,23H,5-6,9H2,1-4H3,(H,22,27)/p+1/t15-,16-,17+,21-/m0/s1. The monoisotopic (exact) mass is 370 g/mol. The lowest BCUT2D eigenvalue weighted by molar-refractivity contribution is -0.738. The molecule has 4 rings (SSSR count). The summed E-state index contributed by atoms with van der Waals surface area (Å²) in [5, 5.41) is 4.99. The number of aryl methyl sites for hydroxylation is 1. The Morgan fingerprint density at radius 3 is 2.63 bits per heavy atom.